The van der Waals surface area contributed by atoms with Gasteiger partial charge in [0.25, 0.3) is 0 Å². The molecule has 6 nitrogen and oxygen atoms in total. The molecule has 0 spiro atoms. The Morgan fingerprint density at radius 1 is 1.38 bits per heavy atom. The quantitative estimate of drug-likeness (QED) is 0.625. The fourth-order valence-corrected chi connectivity index (χ4v) is 2.52. The number of hydrogen-bond donors (Lipinski definition) is 1. The monoisotopic (exact) mass is 305 g/mol. The number of aryl methyl sites for hydroxylation is 1. The standard InChI is InChI=1S/C14H19N5OS/c1-3-4-9-15-13(20)10-21-14-16-17-18-19(14)12-8-6-5-7-11(12)2/h5-8H,3-4,9-10H2,1-2H3,(H,15,20). The van der Waals surface area contributed by atoms with E-state index < -0.39 is 0 Å². The minimum atomic E-state index is 0.00721. The first-order chi connectivity index (χ1) is 10.2. The molecule has 1 aromatic heterocycles. The maximum atomic E-state index is 11.7. The lowest BCUT2D eigenvalue weighted by Gasteiger charge is -2.07. The van der Waals surface area contributed by atoms with Gasteiger partial charge in [0.05, 0.1) is 11.4 Å². The number of benzene rings is 1. The first-order valence-electron chi connectivity index (χ1n) is 6.96. The molecule has 0 atom stereocenters. The lowest BCUT2D eigenvalue weighted by atomic mass is 10.2. The minimum absolute atomic E-state index is 0.00721. The molecule has 1 heterocycles. The first-order valence-corrected chi connectivity index (χ1v) is 7.94. The zero-order valence-corrected chi connectivity index (χ0v) is 13.1. The van der Waals surface area contributed by atoms with Crippen molar-refractivity contribution in [2.75, 3.05) is 12.3 Å². The van der Waals surface area contributed by atoms with Gasteiger partial charge in [0, 0.05) is 6.54 Å². The predicted molar refractivity (Wildman–Crippen MR) is 82.5 cm³/mol. The van der Waals surface area contributed by atoms with Crippen molar-refractivity contribution in [3.05, 3.63) is 29.8 Å². The van der Waals surface area contributed by atoms with E-state index in [-0.39, 0.29) is 5.91 Å². The van der Waals surface area contributed by atoms with E-state index in [1.807, 2.05) is 31.2 Å². The molecule has 0 unspecified atom stereocenters. The summed E-state index contributed by atoms with van der Waals surface area (Å²) in [6.45, 7) is 4.82. The second-order valence-corrected chi connectivity index (χ2v) is 5.59. The predicted octanol–water partition coefficient (Wildman–Crippen LogP) is 1.98. The molecule has 0 fully saturated rings. The average Bonchev–Trinajstić information content (AvgIpc) is 2.94. The summed E-state index contributed by atoms with van der Waals surface area (Å²) in [7, 11) is 0. The number of para-hydroxylation sites is 1. The lowest BCUT2D eigenvalue weighted by molar-refractivity contribution is -0.118. The molecule has 0 aliphatic rings. The number of hydrogen-bond acceptors (Lipinski definition) is 5. The van der Waals surface area contributed by atoms with Crippen molar-refractivity contribution in [2.24, 2.45) is 0 Å². The molecule has 7 heteroatoms. The summed E-state index contributed by atoms with van der Waals surface area (Å²) >= 11 is 1.34. The highest BCUT2D eigenvalue weighted by Gasteiger charge is 2.12. The van der Waals surface area contributed by atoms with Crippen LogP contribution in [0.1, 0.15) is 25.3 Å². The molecule has 0 saturated carbocycles. The molecule has 112 valence electrons. The van der Waals surface area contributed by atoms with Crippen LogP contribution < -0.4 is 5.32 Å². The highest BCUT2D eigenvalue weighted by Crippen LogP contribution is 2.20. The van der Waals surface area contributed by atoms with Crippen molar-refractivity contribution in [1.29, 1.82) is 0 Å². The van der Waals surface area contributed by atoms with Crippen molar-refractivity contribution in [2.45, 2.75) is 31.8 Å². The van der Waals surface area contributed by atoms with Gasteiger partial charge in [0.1, 0.15) is 0 Å². The van der Waals surface area contributed by atoms with E-state index in [1.165, 1.54) is 11.8 Å². The average molecular weight is 305 g/mol. The van der Waals surface area contributed by atoms with Gasteiger partial charge >= 0.3 is 0 Å². The largest absolute Gasteiger partial charge is 0.355 e. The SMILES string of the molecule is CCCCNC(=O)CSc1nnnn1-c1ccccc1C. The van der Waals surface area contributed by atoms with Crippen molar-refractivity contribution in [1.82, 2.24) is 25.5 Å². The number of carbonyl (C=O) groups is 1. The fourth-order valence-electron chi connectivity index (χ4n) is 1.81. The van der Waals surface area contributed by atoms with E-state index in [2.05, 4.69) is 27.8 Å². The van der Waals surface area contributed by atoms with Crippen molar-refractivity contribution in [3.63, 3.8) is 0 Å². The highest BCUT2D eigenvalue weighted by atomic mass is 32.2. The second kappa shape index (κ2) is 7.78. The molecule has 2 rings (SSSR count). The Morgan fingerprint density at radius 3 is 2.95 bits per heavy atom. The molecule has 0 aliphatic heterocycles. The Hall–Kier alpha value is -1.89. The third kappa shape index (κ3) is 4.29. The molecule has 0 aliphatic carbocycles. The maximum Gasteiger partial charge on any atom is 0.230 e. The van der Waals surface area contributed by atoms with Crippen molar-refractivity contribution >= 4 is 17.7 Å². The Morgan fingerprint density at radius 2 is 2.19 bits per heavy atom. The highest BCUT2D eigenvalue weighted by molar-refractivity contribution is 7.99. The van der Waals surface area contributed by atoms with Gasteiger partial charge in [-0.25, -0.2) is 0 Å². The summed E-state index contributed by atoms with van der Waals surface area (Å²) in [6.07, 6.45) is 2.07. The Balaban J connectivity index is 1.98. The van der Waals surface area contributed by atoms with E-state index in [1.54, 1.807) is 4.68 Å². The van der Waals surface area contributed by atoms with Gasteiger partial charge in [0.2, 0.25) is 11.1 Å². The van der Waals surface area contributed by atoms with Crippen LogP contribution in [0.15, 0.2) is 29.4 Å². The van der Waals surface area contributed by atoms with Gasteiger partial charge in [-0.3, -0.25) is 4.79 Å². The van der Waals surface area contributed by atoms with Gasteiger partial charge in [-0.1, -0.05) is 43.3 Å². The number of amides is 1. The van der Waals surface area contributed by atoms with Crippen LogP contribution in [0.5, 0.6) is 0 Å². The van der Waals surface area contributed by atoms with Crippen molar-refractivity contribution < 1.29 is 4.79 Å². The first kappa shape index (κ1) is 15.5. The minimum Gasteiger partial charge on any atom is -0.355 e. The van der Waals surface area contributed by atoms with Gasteiger partial charge in [0.15, 0.2) is 0 Å². The summed E-state index contributed by atoms with van der Waals surface area (Å²) in [5, 5.41) is 15.2. The fraction of sp³-hybridized carbons (Fsp3) is 0.429. The molecule has 21 heavy (non-hydrogen) atoms. The normalized spacial score (nSPS) is 10.6. The van der Waals surface area contributed by atoms with Crippen LogP contribution in [0.3, 0.4) is 0 Å². The summed E-state index contributed by atoms with van der Waals surface area (Å²) in [5.41, 5.74) is 2.01. The number of unbranched alkanes of at least 4 members (excludes halogenated alkanes) is 1. The zero-order chi connectivity index (χ0) is 15.1. The Kier molecular flexibility index (Phi) is 5.74. The van der Waals surface area contributed by atoms with Gasteiger partial charge < -0.3 is 5.32 Å². The van der Waals surface area contributed by atoms with E-state index in [4.69, 9.17) is 0 Å². The molecular formula is C14H19N5OS. The van der Waals surface area contributed by atoms with E-state index in [0.29, 0.717) is 10.9 Å². The maximum absolute atomic E-state index is 11.7. The molecular weight excluding hydrogens is 286 g/mol. The number of aromatic nitrogens is 4. The third-order valence-corrected chi connectivity index (χ3v) is 3.89. The summed E-state index contributed by atoms with van der Waals surface area (Å²) in [4.78, 5) is 11.7. The van der Waals surface area contributed by atoms with Crippen LogP contribution >= 0.6 is 11.8 Å². The van der Waals surface area contributed by atoms with Crippen LogP contribution in [-0.4, -0.2) is 38.4 Å². The van der Waals surface area contributed by atoms with E-state index >= 15 is 0 Å². The smallest absolute Gasteiger partial charge is 0.230 e. The summed E-state index contributed by atoms with van der Waals surface area (Å²) < 4.78 is 1.67. The summed E-state index contributed by atoms with van der Waals surface area (Å²) in [6, 6.07) is 7.87. The Labute approximate surface area is 128 Å². The molecule has 0 radical (unpaired) electrons. The summed E-state index contributed by atoms with van der Waals surface area (Å²) in [5.74, 6) is 0.323. The van der Waals surface area contributed by atoms with E-state index in [9.17, 15) is 4.79 Å². The molecule has 1 N–H and O–H groups in total. The molecule has 2 aromatic rings. The van der Waals surface area contributed by atoms with Crippen molar-refractivity contribution in [3.8, 4) is 5.69 Å². The van der Waals surface area contributed by atoms with Gasteiger partial charge in [-0.05, 0) is 35.4 Å². The second-order valence-electron chi connectivity index (χ2n) is 4.65. The van der Waals surface area contributed by atoms with Crippen LogP contribution in [0.2, 0.25) is 0 Å². The van der Waals surface area contributed by atoms with Crippen LogP contribution in [0, 0.1) is 6.92 Å². The molecule has 1 amide bonds. The number of rotatable bonds is 7. The lowest BCUT2D eigenvalue weighted by Crippen LogP contribution is -2.26. The number of tetrazole rings is 1. The number of nitrogens with zero attached hydrogens (tertiary/aromatic N) is 4. The van der Waals surface area contributed by atoms with Crippen LogP contribution in [0.25, 0.3) is 5.69 Å². The topological polar surface area (TPSA) is 72.7 Å². The van der Waals surface area contributed by atoms with Crippen LogP contribution in [-0.2, 0) is 4.79 Å². The van der Waals surface area contributed by atoms with Gasteiger partial charge in [-0.2, -0.15) is 4.68 Å². The molecule has 0 bridgehead atoms. The third-order valence-electron chi connectivity index (χ3n) is 2.97. The number of carbonyl (C=O) groups excluding carboxylic acids is 1. The number of nitrogens with one attached hydrogen (secondary N) is 1. The number of thioether (sulfide) groups is 1. The molecule has 1 aromatic carbocycles. The van der Waals surface area contributed by atoms with E-state index in [0.717, 1.165) is 30.6 Å². The Bertz CT molecular complexity index is 599. The zero-order valence-electron chi connectivity index (χ0n) is 12.2. The van der Waals surface area contributed by atoms with Gasteiger partial charge in [-0.15, -0.1) is 5.10 Å². The van der Waals surface area contributed by atoms with Crippen LogP contribution in [0.4, 0.5) is 0 Å². The molecule has 0 saturated heterocycles.